The number of aliphatic carboxylic acids is 1. The van der Waals surface area contributed by atoms with Crippen molar-refractivity contribution in [1.29, 1.82) is 0 Å². The molecule has 6 nitrogen and oxygen atoms in total. The van der Waals surface area contributed by atoms with Crippen molar-refractivity contribution in [3.63, 3.8) is 0 Å². The molecule has 0 radical (unpaired) electrons. The van der Waals surface area contributed by atoms with E-state index in [0.717, 1.165) is 21.8 Å². The van der Waals surface area contributed by atoms with E-state index in [-0.39, 0.29) is 17.4 Å². The number of hydrogen-bond donors (Lipinski definition) is 3. The minimum atomic E-state index is -1.44. The van der Waals surface area contributed by atoms with Crippen molar-refractivity contribution in [3.05, 3.63) is 75.0 Å². The van der Waals surface area contributed by atoms with Gasteiger partial charge in [0.05, 0.1) is 11.3 Å². The number of carboxylic acids is 1. The quantitative estimate of drug-likeness (QED) is 0.274. The number of ether oxygens (including phenoxy) is 1. The highest BCUT2D eigenvalue weighted by atomic mass is 32.1. The van der Waals surface area contributed by atoms with Crippen molar-refractivity contribution in [2.75, 3.05) is 0 Å². The van der Waals surface area contributed by atoms with Crippen molar-refractivity contribution in [2.24, 2.45) is 5.92 Å². The molecule has 0 spiro atoms. The minimum Gasteiger partial charge on any atom is -0.485 e. The Kier molecular flexibility index (Phi) is 8.82. The molecular formula is C30H37NO5S. The first-order chi connectivity index (χ1) is 17.3. The molecule has 3 N–H and O–H groups in total. The zero-order chi connectivity index (χ0) is 27.5. The summed E-state index contributed by atoms with van der Waals surface area (Å²) in [7, 11) is 0. The summed E-state index contributed by atoms with van der Waals surface area (Å²) in [5.74, 6) is -0.801. The van der Waals surface area contributed by atoms with Gasteiger partial charge in [0.25, 0.3) is 5.91 Å². The third kappa shape index (κ3) is 7.21. The second-order valence-corrected chi connectivity index (χ2v) is 11.9. The van der Waals surface area contributed by atoms with Crippen molar-refractivity contribution in [2.45, 2.75) is 72.6 Å². The van der Waals surface area contributed by atoms with Crippen LogP contribution in [0.4, 0.5) is 0 Å². The van der Waals surface area contributed by atoms with E-state index in [4.69, 9.17) is 9.84 Å². The van der Waals surface area contributed by atoms with Crippen LogP contribution in [0.5, 0.6) is 5.75 Å². The van der Waals surface area contributed by atoms with Crippen LogP contribution in [-0.2, 0) is 10.2 Å². The lowest BCUT2D eigenvalue weighted by Gasteiger charge is -2.23. The normalized spacial score (nSPS) is 13.3. The molecule has 3 aromatic rings. The van der Waals surface area contributed by atoms with E-state index in [1.54, 1.807) is 6.07 Å². The topological polar surface area (TPSA) is 95.9 Å². The first kappa shape index (κ1) is 28.4. The Morgan fingerprint density at radius 2 is 1.59 bits per heavy atom. The van der Waals surface area contributed by atoms with E-state index >= 15 is 0 Å². The maximum Gasteiger partial charge on any atom is 0.307 e. The number of thiophene rings is 1. The van der Waals surface area contributed by atoms with Gasteiger partial charge in [-0.05, 0) is 77.3 Å². The molecule has 7 heteroatoms. The third-order valence-electron chi connectivity index (χ3n) is 6.21. The van der Waals surface area contributed by atoms with Crippen LogP contribution in [0.3, 0.4) is 0 Å². The van der Waals surface area contributed by atoms with E-state index in [2.05, 4.69) is 90.2 Å². The SMILES string of the molecule is Cc1cc(OC(c2ccc(C(=O)NC(O)CC(=O)O)s2)C(C)C)cc(C)c1-c1ccc(C(C)(C)C)cc1. The van der Waals surface area contributed by atoms with Crippen LogP contribution < -0.4 is 10.1 Å². The molecule has 198 valence electrons. The molecule has 2 unspecified atom stereocenters. The Hall–Kier alpha value is -3.16. The zero-order valence-electron chi connectivity index (χ0n) is 22.6. The summed E-state index contributed by atoms with van der Waals surface area (Å²) >= 11 is 1.27. The number of carbonyl (C=O) groups is 2. The van der Waals surface area contributed by atoms with Crippen LogP contribution in [0.1, 0.15) is 78.4 Å². The minimum absolute atomic E-state index is 0.104. The molecule has 0 aliphatic heterocycles. The molecular weight excluding hydrogens is 486 g/mol. The number of hydrogen-bond acceptors (Lipinski definition) is 5. The summed E-state index contributed by atoms with van der Waals surface area (Å²) in [5.41, 5.74) is 6.02. The van der Waals surface area contributed by atoms with Crippen LogP contribution in [-0.4, -0.2) is 28.3 Å². The van der Waals surface area contributed by atoms with Crippen LogP contribution >= 0.6 is 11.3 Å². The standard InChI is InChI=1S/C30H37NO5S/c1-17(2)28(23-12-13-24(37-23)29(35)31-25(32)16-26(33)34)36-22-14-18(3)27(19(4)15-22)20-8-10-21(11-9-20)30(5,6)7/h8-15,17,25,28,32H,16H2,1-7H3,(H,31,35)(H,33,34). The molecule has 1 aromatic heterocycles. The van der Waals surface area contributed by atoms with E-state index in [9.17, 15) is 14.7 Å². The number of aliphatic hydroxyl groups excluding tert-OH is 1. The van der Waals surface area contributed by atoms with E-state index in [0.29, 0.717) is 4.88 Å². The Labute approximate surface area is 223 Å². The summed E-state index contributed by atoms with van der Waals surface area (Å²) in [6, 6.07) is 16.4. The van der Waals surface area contributed by atoms with Gasteiger partial charge in [0.2, 0.25) is 0 Å². The van der Waals surface area contributed by atoms with Crippen molar-refractivity contribution >= 4 is 23.2 Å². The Morgan fingerprint density at radius 3 is 2.11 bits per heavy atom. The first-order valence-corrected chi connectivity index (χ1v) is 13.3. The van der Waals surface area contributed by atoms with E-state index < -0.39 is 24.5 Å². The predicted molar refractivity (Wildman–Crippen MR) is 148 cm³/mol. The fourth-order valence-corrected chi connectivity index (χ4v) is 5.43. The summed E-state index contributed by atoms with van der Waals surface area (Å²) < 4.78 is 6.46. The monoisotopic (exact) mass is 523 g/mol. The number of nitrogens with one attached hydrogen (secondary N) is 1. The van der Waals surface area contributed by atoms with Crippen molar-refractivity contribution < 1.29 is 24.5 Å². The first-order valence-electron chi connectivity index (χ1n) is 12.5. The van der Waals surface area contributed by atoms with Gasteiger partial charge in [0, 0.05) is 4.88 Å². The fraction of sp³-hybridized carbons (Fsp3) is 0.400. The summed E-state index contributed by atoms with van der Waals surface area (Å²) in [6.07, 6.45) is -2.27. The Morgan fingerprint density at radius 1 is 1.00 bits per heavy atom. The van der Waals surface area contributed by atoms with Gasteiger partial charge < -0.3 is 20.3 Å². The van der Waals surface area contributed by atoms with E-state index in [1.165, 1.54) is 28.0 Å². The number of benzene rings is 2. The zero-order valence-corrected chi connectivity index (χ0v) is 23.4. The van der Waals surface area contributed by atoms with Gasteiger partial charge in [-0.25, -0.2) is 0 Å². The number of rotatable bonds is 9. The van der Waals surface area contributed by atoms with Gasteiger partial charge in [0.1, 0.15) is 18.1 Å². The van der Waals surface area contributed by atoms with Crippen molar-refractivity contribution in [1.82, 2.24) is 5.32 Å². The molecule has 2 aromatic carbocycles. The van der Waals surface area contributed by atoms with Gasteiger partial charge in [0.15, 0.2) is 0 Å². The van der Waals surface area contributed by atoms with Crippen molar-refractivity contribution in [3.8, 4) is 16.9 Å². The van der Waals surface area contributed by atoms with Gasteiger partial charge >= 0.3 is 5.97 Å². The number of carbonyl (C=O) groups excluding carboxylic acids is 1. The molecule has 0 bridgehead atoms. The average Bonchev–Trinajstić information content (AvgIpc) is 3.26. The number of carboxylic acid groups (broad SMARTS) is 1. The highest BCUT2D eigenvalue weighted by Gasteiger charge is 2.23. The van der Waals surface area contributed by atoms with Crippen LogP contribution in [0.15, 0.2) is 48.5 Å². The van der Waals surface area contributed by atoms with Crippen LogP contribution in [0.2, 0.25) is 0 Å². The lowest BCUT2D eigenvalue weighted by atomic mass is 9.85. The number of amides is 1. The molecule has 0 saturated carbocycles. The average molecular weight is 524 g/mol. The third-order valence-corrected chi connectivity index (χ3v) is 7.36. The molecule has 1 heterocycles. The van der Waals surface area contributed by atoms with Crippen LogP contribution in [0.25, 0.3) is 11.1 Å². The highest BCUT2D eigenvalue weighted by molar-refractivity contribution is 7.14. The number of aliphatic hydroxyl groups is 1. The second kappa shape index (κ2) is 11.5. The molecule has 0 fully saturated rings. The molecule has 0 aliphatic rings. The smallest absolute Gasteiger partial charge is 0.307 e. The molecule has 37 heavy (non-hydrogen) atoms. The van der Waals surface area contributed by atoms with Gasteiger partial charge in [-0.2, -0.15) is 0 Å². The summed E-state index contributed by atoms with van der Waals surface area (Å²) in [6.45, 7) is 14.9. The largest absolute Gasteiger partial charge is 0.485 e. The fourth-order valence-electron chi connectivity index (χ4n) is 4.32. The molecule has 0 saturated heterocycles. The molecule has 3 rings (SSSR count). The van der Waals surface area contributed by atoms with Gasteiger partial charge in [-0.1, -0.05) is 58.9 Å². The summed E-state index contributed by atoms with van der Waals surface area (Å²) in [4.78, 5) is 24.5. The predicted octanol–water partition coefficient (Wildman–Crippen LogP) is 6.63. The van der Waals surface area contributed by atoms with Crippen LogP contribution in [0, 0.1) is 19.8 Å². The summed E-state index contributed by atoms with van der Waals surface area (Å²) in [5, 5.41) is 20.8. The Balaban J connectivity index is 1.81. The molecule has 2 atom stereocenters. The maximum absolute atomic E-state index is 12.4. The maximum atomic E-state index is 12.4. The van der Waals surface area contributed by atoms with Gasteiger partial charge in [-0.15, -0.1) is 11.3 Å². The second-order valence-electron chi connectivity index (χ2n) is 10.8. The highest BCUT2D eigenvalue weighted by Crippen LogP contribution is 2.37. The molecule has 1 amide bonds. The number of aryl methyl sites for hydroxylation is 2. The Bertz CT molecular complexity index is 1230. The van der Waals surface area contributed by atoms with E-state index in [1.807, 2.05) is 6.07 Å². The molecule has 0 aliphatic carbocycles. The van der Waals surface area contributed by atoms with Gasteiger partial charge in [-0.3, -0.25) is 9.59 Å². The lowest BCUT2D eigenvalue weighted by molar-refractivity contribution is -0.139. The lowest BCUT2D eigenvalue weighted by Crippen LogP contribution is -2.35.